The standard InChI is InChI=1S/C14H15NO3/c1-8(2)13-11(7-12(16)17)9-5-3-4-6-10(9)14(18)15-13/h3-8,13H,1-2H3,(H,15,18)(H,16,17)/b11-7-/t13-/m0/s1. The lowest BCUT2D eigenvalue weighted by Gasteiger charge is -2.31. The molecule has 1 aromatic rings. The number of carboxylic acid groups (broad SMARTS) is 1. The fourth-order valence-electron chi connectivity index (χ4n) is 2.22. The van der Waals surface area contributed by atoms with Crippen molar-refractivity contribution in [3.05, 3.63) is 41.5 Å². The maximum Gasteiger partial charge on any atom is 0.328 e. The summed E-state index contributed by atoms with van der Waals surface area (Å²) in [6, 6.07) is 6.81. The zero-order chi connectivity index (χ0) is 13.3. The number of hydrogen-bond acceptors (Lipinski definition) is 2. The van der Waals surface area contributed by atoms with Crippen LogP contribution in [-0.4, -0.2) is 23.0 Å². The van der Waals surface area contributed by atoms with Gasteiger partial charge in [-0.2, -0.15) is 0 Å². The molecular formula is C14H15NO3. The molecule has 0 aliphatic carbocycles. The second kappa shape index (κ2) is 4.64. The smallest absolute Gasteiger partial charge is 0.328 e. The van der Waals surface area contributed by atoms with E-state index in [2.05, 4.69) is 5.32 Å². The molecule has 1 aliphatic heterocycles. The van der Waals surface area contributed by atoms with Gasteiger partial charge in [-0.15, -0.1) is 0 Å². The van der Waals surface area contributed by atoms with Crippen LogP contribution in [0.1, 0.15) is 29.8 Å². The summed E-state index contributed by atoms with van der Waals surface area (Å²) < 4.78 is 0. The first kappa shape index (κ1) is 12.4. The molecule has 2 rings (SSSR count). The van der Waals surface area contributed by atoms with Gasteiger partial charge in [-0.05, 0) is 23.1 Å². The molecule has 0 saturated carbocycles. The Morgan fingerprint density at radius 3 is 2.50 bits per heavy atom. The summed E-state index contributed by atoms with van der Waals surface area (Å²) in [5, 5.41) is 11.8. The second-order valence-electron chi connectivity index (χ2n) is 4.68. The Balaban J connectivity index is 2.60. The highest BCUT2D eigenvalue weighted by Gasteiger charge is 2.30. The number of hydrogen-bond donors (Lipinski definition) is 2. The maximum atomic E-state index is 11.9. The van der Waals surface area contributed by atoms with E-state index in [1.807, 2.05) is 19.9 Å². The second-order valence-corrected chi connectivity index (χ2v) is 4.68. The van der Waals surface area contributed by atoms with Crippen molar-refractivity contribution in [3.63, 3.8) is 0 Å². The van der Waals surface area contributed by atoms with Gasteiger partial charge in [0.15, 0.2) is 0 Å². The average Bonchev–Trinajstić information content (AvgIpc) is 2.32. The molecule has 0 fully saturated rings. The molecule has 4 heteroatoms. The molecule has 1 aromatic carbocycles. The first-order valence-corrected chi connectivity index (χ1v) is 5.85. The minimum absolute atomic E-state index is 0.132. The zero-order valence-corrected chi connectivity index (χ0v) is 10.3. The van der Waals surface area contributed by atoms with Crippen LogP contribution in [-0.2, 0) is 4.79 Å². The largest absolute Gasteiger partial charge is 0.478 e. The van der Waals surface area contributed by atoms with Crippen LogP contribution in [0.2, 0.25) is 0 Å². The molecule has 0 saturated heterocycles. The Hall–Kier alpha value is -2.10. The SMILES string of the molecule is CC(C)[C@@H]1NC(=O)c2ccccc2/C1=C/C(=O)O. The summed E-state index contributed by atoms with van der Waals surface area (Å²) in [6.45, 7) is 3.91. The molecule has 0 radical (unpaired) electrons. The zero-order valence-electron chi connectivity index (χ0n) is 10.3. The van der Waals surface area contributed by atoms with E-state index < -0.39 is 5.97 Å². The number of carboxylic acids is 1. The van der Waals surface area contributed by atoms with Crippen molar-refractivity contribution < 1.29 is 14.7 Å². The van der Waals surface area contributed by atoms with E-state index in [4.69, 9.17) is 5.11 Å². The van der Waals surface area contributed by atoms with Crippen LogP contribution in [0.15, 0.2) is 30.3 Å². The quantitative estimate of drug-likeness (QED) is 0.782. The molecule has 94 valence electrons. The van der Waals surface area contributed by atoms with Gasteiger partial charge in [0.2, 0.25) is 0 Å². The van der Waals surface area contributed by atoms with Gasteiger partial charge < -0.3 is 10.4 Å². The molecule has 1 amide bonds. The normalized spacial score (nSPS) is 20.7. The Morgan fingerprint density at radius 2 is 1.94 bits per heavy atom. The molecule has 1 aliphatic rings. The topological polar surface area (TPSA) is 66.4 Å². The fourth-order valence-corrected chi connectivity index (χ4v) is 2.22. The number of rotatable bonds is 2. The molecule has 0 bridgehead atoms. The van der Waals surface area contributed by atoms with Crippen molar-refractivity contribution in [2.45, 2.75) is 19.9 Å². The van der Waals surface area contributed by atoms with Crippen LogP contribution < -0.4 is 5.32 Å². The molecule has 0 aromatic heterocycles. The van der Waals surface area contributed by atoms with E-state index >= 15 is 0 Å². The summed E-state index contributed by atoms with van der Waals surface area (Å²) in [5.74, 6) is -1.01. The first-order valence-electron chi connectivity index (χ1n) is 5.85. The van der Waals surface area contributed by atoms with Gasteiger partial charge >= 0.3 is 5.97 Å². The number of carbonyl (C=O) groups is 2. The van der Waals surface area contributed by atoms with E-state index in [1.165, 1.54) is 6.08 Å². The number of benzene rings is 1. The highest BCUT2D eigenvalue weighted by Crippen LogP contribution is 2.30. The first-order chi connectivity index (χ1) is 8.50. The number of nitrogens with one attached hydrogen (secondary N) is 1. The molecule has 4 nitrogen and oxygen atoms in total. The molecule has 1 atom stereocenters. The van der Waals surface area contributed by atoms with Crippen molar-refractivity contribution in [1.29, 1.82) is 0 Å². The summed E-state index contributed by atoms with van der Waals surface area (Å²) >= 11 is 0. The third-order valence-corrected chi connectivity index (χ3v) is 3.05. The van der Waals surface area contributed by atoms with E-state index in [9.17, 15) is 9.59 Å². The van der Waals surface area contributed by atoms with Crippen LogP contribution >= 0.6 is 0 Å². The van der Waals surface area contributed by atoms with E-state index in [0.29, 0.717) is 16.7 Å². The monoisotopic (exact) mass is 245 g/mol. The van der Waals surface area contributed by atoms with E-state index in [0.717, 1.165) is 0 Å². The van der Waals surface area contributed by atoms with Gasteiger partial charge in [0.1, 0.15) is 0 Å². The van der Waals surface area contributed by atoms with Gasteiger partial charge in [0.25, 0.3) is 5.91 Å². The lowest BCUT2D eigenvalue weighted by Crippen LogP contribution is -2.43. The highest BCUT2D eigenvalue weighted by atomic mass is 16.4. The fraction of sp³-hybridized carbons (Fsp3) is 0.286. The number of aliphatic carboxylic acids is 1. The summed E-state index contributed by atoms with van der Waals surface area (Å²) in [7, 11) is 0. The molecule has 2 N–H and O–H groups in total. The van der Waals surface area contributed by atoms with Gasteiger partial charge in [0.05, 0.1) is 6.04 Å². The third-order valence-electron chi connectivity index (χ3n) is 3.05. The van der Waals surface area contributed by atoms with Crippen LogP contribution in [0.4, 0.5) is 0 Å². The molecule has 0 spiro atoms. The molecule has 18 heavy (non-hydrogen) atoms. The van der Waals surface area contributed by atoms with E-state index in [1.54, 1.807) is 18.2 Å². The molecule has 1 heterocycles. The van der Waals surface area contributed by atoms with Gasteiger partial charge in [-0.25, -0.2) is 4.79 Å². The minimum atomic E-state index is -0.999. The number of carbonyl (C=O) groups excluding carboxylic acids is 1. The van der Waals surface area contributed by atoms with Crippen molar-refractivity contribution in [3.8, 4) is 0 Å². The Morgan fingerprint density at radius 1 is 1.33 bits per heavy atom. The number of amides is 1. The van der Waals surface area contributed by atoms with Crippen molar-refractivity contribution in [2.24, 2.45) is 5.92 Å². The summed E-state index contributed by atoms with van der Waals surface area (Å²) in [4.78, 5) is 22.9. The highest BCUT2D eigenvalue weighted by molar-refractivity contribution is 6.06. The van der Waals surface area contributed by atoms with Gasteiger partial charge in [-0.3, -0.25) is 4.79 Å². The minimum Gasteiger partial charge on any atom is -0.478 e. The Bertz CT molecular complexity index is 532. The maximum absolute atomic E-state index is 11.9. The van der Waals surface area contributed by atoms with Crippen LogP contribution in [0.25, 0.3) is 5.57 Å². The Kier molecular flexibility index (Phi) is 3.19. The predicted octanol–water partition coefficient (Wildman–Crippen LogP) is 1.92. The van der Waals surface area contributed by atoms with Crippen molar-refractivity contribution >= 4 is 17.4 Å². The van der Waals surface area contributed by atoms with Gasteiger partial charge in [-0.1, -0.05) is 32.0 Å². The number of fused-ring (bicyclic) bond motifs is 1. The Labute approximate surface area is 105 Å². The summed E-state index contributed by atoms with van der Waals surface area (Å²) in [5.41, 5.74) is 1.90. The average molecular weight is 245 g/mol. The molecule has 0 unspecified atom stereocenters. The van der Waals surface area contributed by atoms with Crippen LogP contribution in [0.3, 0.4) is 0 Å². The predicted molar refractivity (Wildman–Crippen MR) is 68.1 cm³/mol. The lowest BCUT2D eigenvalue weighted by molar-refractivity contribution is -0.131. The lowest BCUT2D eigenvalue weighted by atomic mass is 9.84. The van der Waals surface area contributed by atoms with Crippen molar-refractivity contribution in [1.82, 2.24) is 5.32 Å². The van der Waals surface area contributed by atoms with Crippen LogP contribution in [0, 0.1) is 5.92 Å². The van der Waals surface area contributed by atoms with Crippen molar-refractivity contribution in [2.75, 3.05) is 0 Å². The third kappa shape index (κ3) is 2.14. The van der Waals surface area contributed by atoms with E-state index in [-0.39, 0.29) is 17.9 Å². The van der Waals surface area contributed by atoms with Crippen LogP contribution in [0.5, 0.6) is 0 Å². The summed E-state index contributed by atoms with van der Waals surface area (Å²) in [6.07, 6.45) is 1.18. The molecular weight excluding hydrogens is 230 g/mol. The van der Waals surface area contributed by atoms with Gasteiger partial charge in [0, 0.05) is 11.6 Å².